The summed E-state index contributed by atoms with van der Waals surface area (Å²) < 4.78 is 32.6. The summed E-state index contributed by atoms with van der Waals surface area (Å²) >= 11 is 0. The molecule has 2 aromatic rings. The number of aryl methyl sites for hydroxylation is 1. The molecule has 0 bridgehead atoms. The van der Waals surface area contributed by atoms with E-state index in [2.05, 4.69) is 8.47 Å². The minimum atomic E-state index is -4.01. The molecule has 16 heavy (non-hydrogen) atoms. The van der Waals surface area contributed by atoms with Crippen molar-refractivity contribution in [3.63, 3.8) is 0 Å². The van der Waals surface area contributed by atoms with Crippen molar-refractivity contribution >= 4 is 21.3 Å². The van der Waals surface area contributed by atoms with Gasteiger partial charge in [-0.1, -0.05) is 0 Å². The Bertz CT molecular complexity index is 700. The van der Waals surface area contributed by atoms with Gasteiger partial charge in [-0.05, 0) is 19.1 Å². The van der Waals surface area contributed by atoms with E-state index < -0.39 is 10.4 Å². The second-order valence-electron chi connectivity index (χ2n) is 3.49. The van der Waals surface area contributed by atoms with Crippen LogP contribution in [0.15, 0.2) is 18.2 Å². The summed E-state index contributed by atoms with van der Waals surface area (Å²) in [6, 6.07) is 4.60. The summed E-state index contributed by atoms with van der Waals surface area (Å²) in [5.74, 6) is 0.154. The molecule has 6 nitrogen and oxygen atoms in total. The number of fused-ring (bicyclic) bond motifs is 3. The molecule has 0 atom stereocenters. The second-order valence-corrected chi connectivity index (χ2v) is 4.62. The van der Waals surface area contributed by atoms with Crippen molar-refractivity contribution in [2.75, 3.05) is 0 Å². The Morgan fingerprint density at radius 3 is 2.88 bits per heavy atom. The smallest absolute Gasteiger partial charge is 0.508 e. The minimum absolute atomic E-state index is 0.0284. The van der Waals surface area contributed by atoms with Crippen molar-refractivity contribution in [1.29, 1.82) is 0 Å². The summed E-state index contributed by atoms with van der Waals surface area (Å²) in [5, 5.41) is 10.1. The molecule has 0 radical (unpaired) electrons. The summed E-state index contributed by atoms with van der Waals surface area (Å²) in [6.07, 6.45) is 0. The third-order valence-corrected chi connectivity index (χ3v) is 3.15. The maximum absolute atomic E-state index is 11.1. The molecule has 0 saturated heterocycles. The molecular formula is C9H7NO5S. The van der Waals surface area contributed by atoms with Gasteiger partial charge in [0.15, 0.2) is 0 Å². The fourth-order valence-electron chi connectivity index (χ4n) is 1.76. The Morgan fingerprint density at radius 2 is 2.12 bits per heavy atom. The summed E-state index contributed by atoms with van der Waals surface area (Å²) in [7, 11) is -4.01. The molecule has 0 saturated carbocycles. The first-order valence-corrected chi connectivity index (χ1v) is 5.80. The molecule has 1 aromatic heterocycles. The predicted molar refractivity (Wildman–Crippen MR) is 54.5 cm³/mol. The highest BCUT2D eigenvalue weighted by atomic mass is 32.3. The average molecular weight is 241 g/mol. The second kappa shape index (κ2) is 2.62. The summed E-state index contributed by atoms with van der Waals surface area (Å²) in [4.78, 5) is 0. The summed E-state index contributed by atoms with van der Waals surface area (Å²) in [6.45, 7) is 1.72. The van der Waals surface area contributed by atoms with Crippen molar-refractivity contribution in [3.8, 4) is 11.6 Å². The van der Waals surface area contributed by atoms with E-state index in [1.807, 2.05) is 0 Å². The minimum Gasteiger partial charge on any atom is -0.508 e. The van der Waals surface area contributed by atoms with Gasteiger partial charge in [-0.3, -0.25) is 4.28 Å². The van der Waals surface area contributed by atoms with Crippen LogP contribution < -0.4 is 8.47 Å². The van der Waals surface area contributed by atoms with Gasteiger partial charge in [0.05, 0.1) is 5.52 Å². The van der Waals surface area contributed by atoms with E-state index in [9.17, 15) is 13.5 Å². The number of phenolic OH excluding ortho intramolecular Hbond substituents is 1. The molecule has 1 N–H and O–H groups in total. The number of nitrogens with zero attached hydrogens (tertiary/aromatic N) is 1. The van der Waals surface area contributed by atoms with Crippen LogP contribution in [0.3, 0.4) is 0 Å². The molecular weight excluding hydrogens is 234 g/mol. The van der Waals surface area contributed by atoms with E-state index in [0.29, 0.717) is 11.1 Å². The highest BCUT2D eigenvalue weighted by molar-refractivity contribution is 7.82. The Balaban J connectivity index is 2.41. The molecule has 3 rings (SSSR count). The maximum Gasteiger partial charge on any atom is 0.522 e. The van der Waals surface area contributed by atoms with E-state index in [1.54, 1.807) is 13.0 Å². The molecule has 0 aliphatic carbocycles. The number of rotatable bonds is 0. The fourth-order valence-corrected chi connectivity index (χ4v) is 2.50. The number of benzene rings is 1. The van der Waals surface area contributed by atoms with Crippen LogP contribution in [0, 0.1) is 6.92 Å². The van der Waals surface area contributed by atoms with Gasteiger partial charge in [-0.25, -0.2) is 0 Å². The van der Waals surface area contributed by atoms with Crippen molar-refractivity contribution in [1.82, 2.24) is 4.73 Å². The number of aromatic hydroxyl groups is 1. The number of hydrogen-bond donors (Lipinski definition) is 1. The molecule has 7 heteroatoms. The largest absolute Gasteiger partial charge is 0.522 e. The monoisotopic (exact) mass is 241 g/mol. The van der Waals surface area contributed by atoms with Crippen LogP contribution in [0.4, 0.5) is 0 Å². The maximum atomic E-state index is 11.1. The van der Waals surface area contributed by atoms with Crippen LogP contribution in [-0.2, 0) is 10.4 Å². The fraction of sp³-hybridized carbons (Fsp3) is 0.111. The van der Waals surface area contributed by atoms with Gasteiger partial charge in [-0.15, -0.1) is 13.1 Å². The first-order chi connectivity index (χ1) is 7.48. The van der Waals surface area contributed by atoms with E-state index in [4.69, 9.17) is 0 Å². The normalized spacial score (nSPS) is 16.8. The van der Waals surface area contributed by atoms with Crippen molar-refractivity contribution in [2.45, 2.75) is 6.92 Å². The Kier molecular flexibility index (Phi) is 1.53. The Morgan fingerprint density at radius 1 is 1.38 bits per heavy atom. The van der Waals surface area contributed by atoms with Gasteiger partial charge < -0.3 is 9.29 Å². The highest BCUT2D eigenvalue weighted by Gasteiger charge is 2.33. The quantitative estimate of drug-likeness (QED) is 0.735. The number of phenols is 1. The van der Waals surface area contributed by atoms with E-state index in [-0.39, 0.29) is 11.6 Å². The zero-order valence-electron chi connectivity index (χ0n) is 8.17. The van der Waals surface area contributed by atoms with Crippen molar-refractivity contribution in [3.05, 3.63) is 23.8 Å². The van der Waals surface area contributed by atoms with Crippen LogP contribution in [0.1, 0.15) is 5.56 Å². The third-order valence-electron chi connectivity index (χ3n) is 2.46. The summed E-state index contributed by atoms with van der Waals surface area (Å²) in [5.41, 5.74) is 1.10. The van der Waals surface area contributed by atoms with Crippen molar-refractivity contribution in [2.24, 2.45) is 0 Å². The third kappa shape index (κ3) is 1.09. The van der Waals surface area contributed by atoms with Gasteiger partial charge >= 0.3 is 10.4 Å². The lowest BCUT2D eigenvalue weighted by atomic mass is 10.2. The van der Waals surface area contributed by atoms with Crippen molar-refractivity contribution < 1.29 is 22.0 Å². The van der Waals surface area contributed by atoms with Crippen LogP contribution in [-0.4, -0.2) is 18.3 Å². The molecule has 1 aliphatic rings. The average Bonchev–Trinajstić information content (AvgIpc) is 2.63. The van der Waals surface area contributed by atoms with Crippen LogP contribution in [0.25, 0.3) is 10.9 Å². The van der Waals surface area contributed by atoms with Gasteiger partial charge in [0.25, 0.3) is 5.88 Å². The van der Waals surface area contributed by atoms with Crippen LogP contribution in [0.2, 0.25) is 0 Å². The van der Waals surface area contributed by atoms with Gasteiger partial charge in [0, 0.05) is 17.0 Å². The number of hydrogen-bond acceptors (Lipinski definition) is 5. The molecule has 2 heterocycles. The SMILES string of the molecule is Cc1c2n(c3cc(O)ccc13)OS(=O)(=O)O2. The molecule has 84 valence electrons. The molecule has 0 unspecified atom stereocenters. The van der Waals surface area contributed by atoms with Crippen LogP contribution in [0.5, 0.6) is 11.6 Å². The lowest BCUT2D eigenvalue weighted by Gasteiger charge is -1.98. The van der Waals surface area contributed by atoms with E-state index in [1.165, 1.54) is 12.1 Å². The first kappa shape index (κ1) is 9.34. The molecule has 0 spiro atoms. The first-order valence-electron chi connectivity index (χ1n) is 4.46. The number of aromatic nitrogens is 1. The standard InChI is InChI=1S/C9H7NO5S/c1-5-7-3-2-6(11)4-8(7)10-9(5)14-16(12,13)15-10/h2-4,11H,1H3. The van der Waals surface area contributed by atoms with Gasteiger partial charge in [0.2, 0.25) is 0 Å². The molecule has 0 fully saturated rings. The van der Waals surface area contributed by atoms with E-state index in [0.717, 1.165) is 10.1 Å². The topological polar surface area (TPSA) is 77.8 Å². The zero-order valence-corrected chi connectivity index (χ0v) is 8.98. The Hall–Kier alpha value is -1.89. The van der Waals surface area contributed by atoms with E-state index >= 15 is 0 Å². The lowest BCUT2D eigenvalue weighted by Crippen LogP contribution is -2.13. The molecule has 1 aliphatic heterocycles. The zero-order chi connectivity index (χ0) is 11.5. The lowest BCUT2D eigenvalue weighted by molar-refractivity contribution is 0.311. The predicted octanol–water partition coefficient (Wildman–Crippen LogP) is 0.721. The molecule has 1 aromatic carbocycles. The molecule has 0 amide bonds. The highest BCUT2D eigenvalue weighted by Crippen LogP contribution is 2.36. The van der Waals surface area contributed by atoms with Crippen LogP contribution >= 0.6 is 0 Å². The Labute approximate surface area is 90.9 Å². The van der Waals surface area contributed by atoms with Gasteiger partial charge in [-0.2, -0.15) is 0 Å². The van der Waals surface area contributed by atoms with Gasteiger partial charge in [0.1, 0.15) is 5.75 Å².